The summed E-state index contributed by atoms with van der Waals surface area (Å²) < 4.78 is 48.0. The lowest BCUT2D eigenvalue weighted by Gasteiger charge is -2.17. The summed E-state index contributed by atoms with van der Waals surface area (Å²) in [7, 11) is -3.61. The Balaban J connectivity index is 3.15. The predicted octanol–water partition coefficient (Wildman–Crippen LogP) is 2.86. The summed E-state index contributed by atoms with van der Waals surface area (Å²) in [5.74, 6) is -1.62. The fourth-order valence-electron chi connectivity index (χ4n) is 1.22. The number of halogens is 2. The Bertz CT molecular complexity index is 379. The van der Waals surface area contributed by atoms with Crippen molar-refractivity contribution in [3.63, 3.8) is 0 Å². The predicted molar refractivity (Wildman–Crippen MR) is 56.9 cm³/mol. The van der Waals surface area contributed by atoms with Crippen LogP contribution in [0.3, 0.4) is 0 Å². The molecule has 1 aromatic carbocycles. The third-order valence-electron chi connectivity index (χ3n) is 1.76. The normalized spacial score (nSPS) is 11.8. The van der Waals surface area contributed by atoms with Gasteiger partial charge in [0.25, 0.3) is 0 Å². The standard InChI is InChI=1S/C10H13F2O3P/c1-3-14-16(13,15-4-2)10-6-8(11)5-9(12)7-10/h5-7H,3-4H2,1-2H3. The molecular weight excluding hydrogens is 237 g/mol. The van der Waals surface area contributed by atoms with Gasteiger partial charge in [0, 0.05) is 6.07 Å². The molecule has 90 valence electrons. The van der Waals surface area contributed by atoms with E-state index in [4.69, 9.17) is 9.05 Å². The molecule has 1 rings (SSSR count). The molecule has 0 saturated heterocycles. The smallest absolute Gasteiger partial charge is 0.305 e. The first-order valence-corrected chi connectivity index (χ1v) is 6.42. The number of hydrogen-bond acceptors (Lipinski definition) is 3. The lowest BCUT2D eigenvalue weighted by molar-refractivity contribution is 0.229. The van der Waals surface area contributed by atoms with Gasteiger partial charge in [0.15, 0.2) is 0 Å². The van der Waals surface area contributed by atoms with Gasteiger partial charge in [0.1, 0.15) is 11.6 Å². The molecule has 3 nitrogen and oxygen atoms in total. The first kappa shape index (κ1) is 13.3. The molecule has 0 fully saturated rings. The van der Waals surface area contributed by atoms with E-state index in [1.807, 2.05) is 0 Å². The van der Waals surface area contributed by atoms with Gasteiger partial charge in [-0.25, -0.2) is 8.78 Å². The van der Waals surface area contributed by atoms with Gasteiger partial charge >= 0.3 is 7.60 Å². The van der Waals surface area contributed by atoms with Crippen molar-refractivity contribution in [3.05, 3.63) is 29.8 Å². The van der Waals surface area contributed by atoms with E-state index in [1.54, 1.807) is 13.8 Å². The summed E-state index contributed by atoms with van der Waals surface area (Å²) in [6.07, 6.45) is 0. The number of rotatable bonds is 5. The Morgan fingerprint density at radius 2 is 1.50 bits per heavy atom. The van der Waals surface area contributed by atoms with E-state index in [2.05, 4.69) is 0 Å². The highest BCUT2D eigenvalue weighted by molar-refractivity contribution is 7.62. The molecule has 0 radical (unpaired) electrons. The van der Waals surface area contributed by atoms with Crippen LogP contribution >= 0.6 is 7.60 Å². The van der Waals surface area contributed by atoms with Crippen LogP contribution in [0.15, 0.2) is 18.2 Å². The number of benzene rings is 1. The molecule has 6 heteroatoms. The summed E-state index contributed by atoms with van der Waals surface area (Å²) >= 11 is 0. The SMILES string of the molecule is CCOP(=O)(OCC)c1cc(F)cc(F)c1. The second kappa shape index (κ2) is 5.53. The average Bonchev–Trinajstić information content (AvgIpc) is 2.16. The third-order valence-corrected chi connectivity index (χ3v) is 3.85. The Kier molecular flexibility index (Phi) is 4.59. The Hall–Kier alpha value is -0.770. The third kappa shape index (κ3) is 3.11. The van der Waals surface area contributed by atoms with E-state index in [1.165, 1.54) is 0 Å². The molecule has 0 unspecified atom stereocenters. The maximum Gasteiger partial charge on any atom is 0.361 e. The minimum absolute atomic E-state index is 0.103. The van der Waals surface area contributed by atoms with E-state index in [0.29, 0.717) is 6.07 Å². The van der Waals surface area contributed by atoms with Crippen molar-refractivity contribution in [2.24, 2.45) is 0 Å². The topological polar surface area (TPSA) is 35.5 Å². The average molecular weight is 250 g/mol. The van der Waals surface area contributed by atoms with Crippen molar-refractivity contribution < 1.29 is 22.4 Å². The molecule has 0 aliphatic heterocycles. The van der Waals surface area contributed by atoms with Gasteiger partial charge in [-0.05, 0) is 26.0 Å². The quantitative estimate of drug-likeness (QED) is 0.754. The van der Waals surface area contributed by atoms with Crippen molar-refractivity contribution in [1.82, 2.24) is 0 Å². The van der Waals surface area contributed by atoms with Crippen molar-refractivity contribution in [2.75, 3.05) is 13.2 Å². The fourth-order valence-corrected chi connectivity index (χ4v) is 2.84. The minimum atomic E-state index is -3.61. The zero-order valence-corrected chi connectivity index (χ0v) is 9.97. The first-order valence-electron chi connectivity index (χ1n) is 4.87. The van der Waals surface area contributed by atoms with Crippen LogP contribution in [0, 0.1) is 11.6 Å². The van der Waals surface area contributed by atoms with Crippen LogP contribution in [0.4, 0.5) is 8.78 Å². The van der Waals surface area contributed by atoms with E-state index < -0.39 is 19.2 Å². The lowest BCUT2D eigenvalue weighted by atomic mass is 10.3. The highest BCUT2D eigenvalue weighted by atomic mass is 31.2. The maximum atomic E-state index is 13.0. The van der Waals surface area contributed by atoms with E-state index in [0.717, 1.165) is 12.1 Å². The molecule has 0 heterocycles. The zero-order valence-electron chi connectivity index (χ0n) is 9.07. The monoisotopic (exact) mass is 250 g/mol. The first-order chi connectivity index (χ1) is 7.51. The van der Waals surface area contributed by atoms with Crippen LogP contribution in [-0.4, -0.2) is 13.2 Å². The minimum Gasteiger partial charge on any atom is -0.305 e. The summed E-state index contributed by atoms with van der Waals surface area (Å²) in [6.45, 7) is 3.52. The van der Waals surface area contributed by atoms with Crippen molar-refractivity contribution >= 4 is 12.9 Å². The molecule has 0 aliphatic carbocycles. The summed E-state index contributed by atoms with van der Waals surface area (Å²) in [6, 6.07) is 2.61. The van der Waals surface area contributed by atoms with Crippen LogP contribution in [0.25, 0.3) is 0 Å². The van der Waals surface area contributed by atoms with Crippen LogP contribution in [-0.2, 0) is 13.6 Å². The largest absolute Gasteiger partial charge is 0.361 e. The van der Waals surface area contributed by atoms with Crippen LogP contribution in [0.5, 0.6) is 0 Å². The van der Waals surface area contributed by atoms with Gasteiger partial charge in [-0.2, -0.15) is 0 Å². The Labute approximate surface area is 92.9 Å². The lowest BCUT2D eigenvalue weighted by Crippen LogP contribution is -2.12. The second-order valence-electron chi connectivity index (χ2n) is 2.96. The van der Waals surface area contributed by atoms with Gasteiger partial charge in [0.2, 0.25) is 0 Å². The van der Waals surface area contributed by atoms with Crippen molar-refractivity contribution in [1.29, 1.82) is 0 Å². The summed E-state index contributed by atoms with van der Waals surface area (Å²) in [5, 5.41) is -0.103. The van der Waals surface area contributed by atoms with Crippen LogP contribution in [0.2, 0.25) is 0 Å². The van der Waals surface area contributed by atoms with Crippen LogP contribution < -0.4 is 5.30 Å². The molecular formula is C10H13F2O3P. The second-order valence-corrected chi connectivity index (χ2v) is 4.99. The summed E-state index contributed by atoms with van der Waals surface area (Å²) in [4.78, 5) is 0. The van der Waals surface area contributed by atoms with E-state index in [9.17, 15) is 13.3 Å². The van der Waals surface area contributed by atoms with Crippen molar-refractivity contribution in [3.8, 4) is 0 Å². The Morgan fingerprint density at radius 3 is 1.88 bits per heavy atom. The van der Waals surface area contributed by atoms with Gasteiger partial charge in [-0.15, -0.1) is 0 Å². The molecule has 0 amide bonds. The molecule has 0 aromatic heterocycles. The van der Waals surface area contributed by atoms with Gasteiger partial charge in [-0.1, -0.05) is 0 Å². The zero-order chi connectivity index (χ0) is 12.2. The summed E-state index contributed by atoms with van der Waals surface area (Å²) in [5.41, 5.74) is 0. The molecule has 0 aliphatic rings. The van der Waals surface area contributed by atoms with E-state index >= 15 is 0 Å². The van der Waals surface area contributed by atoms with Gasteiger partial charge in [-0.3, -0.25) is 4.57 Å². The Morgan fingerprint density at radius 1 is 1.06 bits per heavy atom. The molecule has 0 spiro atoms. The molecule has 0 saturated carbocycles. The highest BCUT2D eigenvalue weighted by Crippen LogP contribution is 2.46. The van der Waals surface area contributed by atoms with Gasteiger partial charge in [0.05, 0.1) is 18.5 Å². The maximum absolute atomic E-state index is 13.0. The van der Waals surface area contributed by atoms with E-state index in [-0.39, 0.29) is 18.5 Å². The number of hydrogen-bond donors (Lipinski definition) is 0. The van der Waals surface area contributed by atoms with Crippen molar-refractivity contribution in [2.45, 2.75) is 13.8 Å². The molecule has 16 heavy (non-hydrogen) atoms. The fraction of sp³-hybridized carbons (Fsp3) is 0.400. The molecule has 0 bridgehead atoms. The molecule has 0 atom stereocenters. The highest BCUT2D eigenvalue weighted by Gasteiger charge is 2.27. The molecule has 1 aromatic rings. The van der Waals surface area contributed by atoms with Crippen LogP contribution in [0.1, 0.15) is 13.8 Å². The molecule has 0 N–H and O–H groups in total. The van der Waals surface area contributed by atoms with Gasteiger partial charge < -0.3 is 9.05 Å².